The number of nitrogens with zero attached hydrogens (tertiary/aromatic N) is 1. The molecule has 2 N–H and O–H groups in total. The first-order valence-corrected chi connectivity index (χ1v) is 9.44. The van der Waals surface area contributed by atoms with Crippen molar-refractivity contribution in [1.29, 1.82) is 0 Å². The van der Waals surface area contributed by atoms with E-state index < -0.39 is 24.0 Å². The zero-order valence-electron chi connectivity index (χ0n) is 16.7. The van der Waals surface area contributed by atoms with Gasteiger partial charge in [-0.3, -0.25) is 9.59 Å². The van der Waals surface area contributed by atoms with Crippen LogP contribution < -0.4 is 5.32 Å². The average Bonchev–Trinajstić information content (AvgIpc) is 2.68. The lowest BCUT2D eigenvalue weighted by atomic mass is 9.93. The standard InChI is InChI=1S/C23H24N2O4/c1-14-7-6-10-18(15(14)2)22(23(28)29)24-21(27)13-20-19-9-5-4-8-17(19)11-12-25(20)16(3)26/h4-12,20,22H,13H2,1-3H3,(H,24,27)(H,28,29). The van der Waals surface area contributed by atoms with E-state index in [1.807, 2.05) is 50.3 Å². The number of carboxylic acids is 1. The molecule has 0 aliphatic carbocycles. The van der Waals surface area contributed by atoms with Gasteiger partial charge in [-0.1, -0.05) is 42.5 Å². The number of fused-ring (bicyclic) bond motifs is 1. The molecule has 6 nitrogen and oxygen atoms in total. The highest BCUT2D eigenvalue weighted by Crippen LogP contribution is 2.33. The smallest absolute Gasteiger partial charge is 0.330 e. The first kappa shape index (κ1) is 20.3. The molecule has 0 aromatic heterocycles. The number of nitrogens with one attached hydrogen (secondary N) is 1. The van der Waals surface area contributed by atoms with Crippen molar-refractivity contribution >= 4 is 23.9 Å². The van der Waals surface area contributed by atoms with Crippen molar-refractivity contribution in [2.24, 2.45) is 0 Å². The Morgan fingerprint density at radius 1 is 1.10 bits per heavy atom. The van der Waals surface area contributed by atoms with Gasteiger partial charge in [-0.2, -0.15) is 0 Å². The molecule has 150 valence electrons. The van der Waals surface area contributed by atoms with Crippen molar-refractivity contribution < 1.29 is 19.5 Å². The molecule has 1 aliphatic rings. The van der Waals surface area contributed by atoms with Crippen LogP contribution in [0.5, 0.6) is 0 Å². The molecule has 0 fully saturated rings. The fourth-order valence-electron chi connectivity index (χ4n) is 3.67. The van der Waals surface area contributed by atoms with Crippen LogP contribution in [0.2, 0.25) is 0 Å². The number of amides is 2. The second-order valence-corrected chi connectivity index (χ2v) is 7.22. The fraction of sp³-hybridized carbons (Fsp3) is 0.261. The monoisotopic (exact) mass is 392 g/mol. The minimum atomic E-state index is -1.15. The van der Waals surface area contributed by atoms with E-state index in [0.29, 0.717) is 5.56 Å². The number of rotatable bonds is 5. The predicted molar refractivity (Wildman–Crippen MR) is 110 cm³/mol. The third-order valence-electron chi connectivity index (χ3n) is 5.36. The van der Waals surface area contributed by atoms with Gasteiger partial charge in [0.15, 0.2) is 6.04 Å². The lowest BCUT2D eigenvalue weighted by molar-refractivity contribution is -0.142. The summed E-state index contributed by atoms with van der Waals surface area (Å²) in [7, 11) is 0. The van der Waals surface area contributed by atoms with Crippen LogP contribution in [0.1, 0.15) is 53.2 Å². The van der Waals surface area contributed by atoms with Gasteiger partial charge in [0.05, 0.1) is 12.5 Å². The molecular formula is C23H24N2O4. The summed E-state index contributed by atoms with van der Waals surface area (Å²) < 4.78 is 0. The maximum Gasteiger partial charge on any atom is 0.330 e. The van der Waals surface area contributed by atoms with Crippen molar-refractivity contribution in [1.82, 2.24) is 10.2 Å². The number of carbonyl (C=O) groups is 3. The van der Waals surface area contributed by atoms with Crippen molar-refractivity contribution in [2.45, 2.75) is 39.3 Å². The van der Waals surface area contributed by atoms with Crippen LogP contribution >= 0.6 is 0 Å². The highest BCUT2D eigenvalue weighted by Gasteiger charge is 2.30. The zero-order valence-corrected chi connectivity index (χ0v) is 16.7. The normalized spacial score (nSPS) is 16.1. The number of hydrogen-bond acceptors (Lipinski definition) is 3. The van der Waals surface area contributed by atoms with Gasteiger partial charge >= 0.3 is 5.97 Å². The van der Waals surface area contributed by atoms with Gasteiger partial charge in [0, 0.05) is 13.1 Å². The summed E-state index contributed by atoms with van der Waals surface area (Å²) in [5.41, 5.74) is 4.14. The lowest BCUT2D eigenvalue weighted by Crippen LogP contribution is -2.38. The van der Waals surface area contributed by atoms with Gasteiger partial charge in [-0.25, -0.2) is 4.79 Å². The molecule has 0 saturated carbocycles. The number of hydrogen-bond donors (Lipinski definition) is 2. The first-order valence-electron chi connectivity index (χ1n) is 9.44. The Morgan fingerprint density at radius 2 is 1.83 bits per heavy atom. The second-order valence-electron chi connectivity index (χ2n) is 7.22. The molecule has 0 saturated heterocycles. The molecule has 2 aromatic carbocycles. The van der Waals surface area contributed by atoms with Crippen LogP contribution in [0.4, 0.5) is 0 Å². The van der Waals surface area contributed by atoms with E-state index in [1.165, 1.54) is 11.8 Å². The van der Waals surface area contributed by atoms with E-state index in [4.69, 9.17) is 0 Å². The molecular weight excluding hydrogens is 368 g/mol. The second kappa shape index (κ2) is 8.31. The van der Waals surface area contributed by atoms with Crippen LogP contribution in [0.25, 0.3) is 6.08 Å². The summed E-state index contributed by atoms with van der Waals surface area (Å²) in [6.45, 7) is 5.18. The van der Waals surface area contributed by atoms with Gasteiger partial charge in [-0.05, 0) is 47.7 Å². The Morgan fingerprint density at radius 3 is 2.52 bits per heavy atom. The Labute approximate surface area is 169 Å². The topological polar surface area (TPSA) is 86.7 Å². The Kier molecular flexibility index (Phi) is 5.82. The molecule has 2 aromatic rings. The molecule has 29 heavy (non-hydrogen) atoms. The molecule has 0 spiro atoms. The van der Waals surface area contributed by atoms with Crippen LogP contribution in [0.15, 0.2) is 48.7 Å². The summed E-state index contributed by atoms with van der Waals surface area (Å²) in [5, 5.41) is 12.3. The van der Waals surface area contributed by atoms with Crippen molar-refractivity contribution in [3.05, 3.63) is 76.5 Å². The fourth-order valence-corrected chi connectivity index (χ4v) is 3.67. The summed E-state index contributed by atoms with van der Waals surface area (Å²) in [5.74, 6) is -1.74. The molecule has 2 amide bonds. The molecule has 1 heterocycles. The van der Waals surface area contributed by atoms with Crippen LogP contribution in [0, 0.1) is 13.8 Å². The van der Waals surface area contributed by atoms with Crippen LogP contribution in [-0.4, -0.2) is 27.8 Å². The maximum absolute atomic E-state index is 12.8. The van der Waals surface area contributed by atoms with E-state index in [0.717, 1.165) is 22.3 Å². The van der Waals surface area contributed by atoms with E-state index in [2.05, 4.69) is 5.32 Å². The number of carboxylic acid groups (broad SMARTS) is 1. The summed E-state index contributed by atoms with van der Waals surface area (Å²) >= 11 is 0. The maximum atomic E-state index is 12.8. The molecule has 6 heteroatoms. The van der Waals surface area contributed by atoms with Gasteiger partial charge < -0.3 is 15.3 Å². The third kappa shape index (κ3) is 4.21. The van der Waals surface area contributed by atoms with Crippen molar-refractivity contribution in [2.75, 3.05) is 0 Å². The first-order chi connectivity index (χ1) is 13.8. The highest BCUT2D eigenvalue weighted by atomic mass is 16.4. The zero-order chi connectivity index (χ0) is 21.1. The van der Waals surface area contributed by atoms with Gasteiger partial charge in [0.25, 0.3) is 0 Å². The largest absolute Gasteiger partial charge is 0.479 e. The quantitative estimate of drug-likeness (QED) is 0.815. The highest BCUT2D eigenvalue weighted by molar-refractivity contribution is 5.86. The van der Waals surface area contributed by atoms with E-state index >= 15 is 0 Å². The van der Waals surface area contributed by atoms with Crippen molar-refractivity contribution in [3.63, 3.8) is 0 Å². The lowest BCUT2D eigenvalue weighted by Gasteiger charge is -2.32. The molecule has 2 atom stereocenters. The SMILES string of the molecule is CC(=O)N1C=Cc2ccccc2C1CC(=O)NC(C(=O)O)c1cccc(C)c1C. The third-order valence-corrected chi connectivity index (χ3v) is 5.36. The summed E-state index contributed by atoms with van der Waals surface area (Å²) in [6.07, 6.45) is 3.47. The number of aliphatic carboxylic acids is 1. The Balaban J connectivity index is 1.86. The van der Waals surface area contributed by atoms with E-state index in [9.17, 15) is 19.5 Å². The molecule has 1 aliphatic heterocycles. The molecule has 2 unspecified atom stereocenters. The predicted octanol–water partition coefficient (Wildman–Crippen LogP) is 3.51. The number of benzene rings is 2. The van der Waals surface area contributed by atoms with Crippen molar-refractivity contribution in [3.8, 4) is 0 Å². The van der Waals surface area contributed by atoms with Gasteiger partial charge in [-0.15, -0.1) is 0 Å². The van der Waals surface area contributed by atoms with Crippen LogP contribution in [0.3, 0.4) is 0 Å². The summed E-state index contributed by atoms with van der Waals surface area (Å²) in [6, 6.07) is 11.3. The number of aryl methyl sites for hydroxylation is 1. The molecule has 0 radical (unpaired) electrons. The minimum Gasteiger partial charge on any atom is -0.479 e. The van der Waals surface area contributed by atoms with E-state index in [1.54, 1.807) is 18.3 Å². The van der Waals surface area contributed by atoms with E-state index in [-0.39, 0.29) is 12.3 Å². The molecule has 0 bridgehead atoms. The average molecular weight is 392 g/mol. The minimum absolute atomic E-state index is 0.0322. The van der Waals surface area contributed by atoms with Crippen LogP contribution in [-0.2, 0) is 14.4 Å². The Hall–Kier alpha value is -3.41. The summed E-state index contributed by atoms with van der Waals surface area (Å²) in [4.78, 5) is 38.3. The Bertz CT molecular complexity index is 996. The molecule has 3 rings (SSSR count). The van der Waals surface area contributed by atoms with Gasteiger partial charge in [0.1, 0.15) is 0 Å². The number of carbonyl (C=O) groups excluding carboxylic acids is 2. The van der Waals surface area contributed by atoms with Gasteiger partial charge in [0.2, 0.25) is 11.8 Å².